The summed E-state index contributed by atoms with van der Waals surface area (Å²) in [5.74, 6) is 0.961. The maximum Gasteiger partial charge on any atom is 0.226 e. The van der Waals surface area contributed by atoms with Crippen LogP contribution in [0.25, 0.3) is 5.65 Å². The third kappa shape index (κ3) is 2.09. The van der Waals surface area contributed by atoms with Gasteiger partial charge in [0, 0.05) is 37.9 Å². The van der Waals surface area contributed by atoms with Crippen LogP contribution in [0.4, 0.5) is 23.1 Å². The third-order valence-corrected chi connectivity index (χ3v) is 3.00. The number of hydrogen-bond donors (Lipinski definition) is 2. The predicted octanol–water partition coefficient (Wildman–Crippen LogP) is 1.52. The molecule has 0 unspecified atom stereocenters. The van der Waals surface area contributed by atoms with Gasteiger partial charge in [-0.05, 0) is 24.3 Å². The molecule has 3 aromatic rings. The second kappa shape index (κ2) is 4.69. The normalized spacial score (nSPS) is 10.7. The van der Waals surface area contributed by atoms with Gasteiger partial charge < -0.3 is 16.0 Å². The summed E-state index contributed by atoms with van der Waals surface area (Å²) in [6, 6.07) is 8.03. The number of nitrogens with two attached hydrogens (primary N) is 1. The van der Waals surface area contributed by atoms with E-state index >= 15 is 0 Å². The number of nitrogens with one attached hydrogen (secondary N) is 1. The van der Waals surface area contributed by atoms with Gasteiger partial charge in [-0.15, -0.1) is 10.2 Å². The smallest absolute Gasteiger partial charge is 0.226 e. The highest BCUT2D eigenvalue weighted by molar-refractivity contribution is 5.71. The van der Waals surface area contributed by atoms with Crippen LogP contribution in [0.5, 0.6) is 0 Å². The first kappa shape index (κ1) is 12.2. The van der Waals surface area contributed by atoms with Crippen LogP contribution in [0.2, 0.25) is 0 Å². The molecule has 0 aliphatic carbocycles. The average Bonchev–Trinajstić information content (AvgIpc) is 2.82. The first-order valence-electron chi connectivity index (χ1n) is 6.15. The molecule has 0 radical (unpaired) electrons. The lowest BCUT2D eigenvalue weighted by atomic mass is 10.2. The highest BCUT2D eigenvalue weighted by Crippen LogP contribution is 2.21. The van der Waals surface area contributed by atoms with Gasteiger partial charge >= 0.3 is 0 Å². The Morgan fingerprint density at radius 1 is 1.15 bits per heavy atom. The lowest BCUT2D eigenvalue weighted by Gasteiger charge is -2.13. The van der Waals surface area contributed by atoms with Gasteiger partial charge in [0.2, 0.25) is 11.6 Å². The molecule has 2 heterocycles. The van der Waals surface area contributed by atoms with Crippen molar-refractivity contribution in [3.8, 4) is 0 Å². The van der Waals surface area contributed by atoms with Gasteiger partial charge in [-0.25, -0.2) is 4.98 Å². The van der Waals surface area contributed by atoms with E-state index in [1.54, 1.807) is 16.8 Å². The van der Waals surface area contributed by atoms with Crippen molar-refractivity contribution in [2.75, 3.05) is 30.0 Å². The van der Waals surface area contributed by atoms with E-state index in [1.165, 1.54) is 0 Å². The number of anilines is 4. The number of nitrogen functional groups attached to an aromatic ring is 1. The predicted molar refractivity (Wildman–Crippen MR) is 79.2 cm³/mol. The van der Waals surface area contributed by atoms with Crippen molar-refractivity contribution < 1.29 is 0 Å². The third-order valence-electron chi connectivity index (χ3n) is 3.00. The van der Waals surface area contributed by atoms with E-state index < -0.39 is 0 Å². The average molecular weight is 269 g/mol. The van der Waals surface area contributed by atoms with Crippen LogP contribution in [0.3, 0.4) is 0 Å². The Bertz CT molecular complexity index is 730. The molecule has 0 aliphatic heterocycles. The standard InChI is InChI=1S/C13H15N7/c1-19(2)10-5-3-9(4-6-10)16-11-12-17-18-13(14)20(12)8-7-15-11/h3-8H,1-2H3,(H2,14,18)(H,15,16). The molecule has 1 aromatic carbocycles. The monoisotopic (exact) mass is 269 g/mol. The Hall–Kier alpha value is -2.83. The Morgan fingerprint density at radius 3 is 2.60 bits per heavy atom. The summed E-state index contributed by atoms with van der Waals surface area (Å²) in [6.45, 7) is 0. The molecule has 3 N–H and O–H groups in total. The van der Waals surface area contributed by atoms with Gasteiger partial charge in [0.15, 0.2) is 5.82 Å². The van der Waals surface area contributed by atoms with Crippen LogP contribution in [0, 0.1) is 0 Å². The van der Waals surface area contributed by atoms with Gasteiger partial charge in [-0.2, -0.15) is 0 Å². The lowest BCUT2D eigenvalue weighted by molar-refractivity contribution is 1.12. The van der Waals surface area contributed by atoms with Crippen molar-refractivity contribution in [3.05, 3.63) is 36.7 Å². The van der Waals surface area contributed by atoms with E-state index in [4.69, 9.17) is 5.73 Å². The fourth-order valence-electron chi connectivity index (χ4n) is 1.91. The second-order valence-electron chi connectivity index (χ2n) is 4.59. The maximum atomic E-state index is 5.72. The molecule has 0 bridgehead atoms. The van der Waals surface area contributed by atoms with E-state index in [-0.39, 0.29) is 0 Å². The van der Waals surface area contributed by atoms with Crippen molar-refractivity contribution in [2.45, 2.75) is 0 Å². The quantitative estimate of drug-likeness (QED) is 0.750. The molecule has 7 heteroatoms. The summed E-state index contributed by atoms with van der Waals surface area (Å²) in [4.78, 5) is 6.32. The first-order valence-corrected chi connectivity index (χ1v) is 6.15. The second-order valence-corrected chi connectivity index (χ2v) is 4.59. The summed E-state index contributed by atoms with van der Waals surface area (Å²) in [6.07, 6.45) is 3.38. The van der Waals surface area contributed by atoms with Crippen molar-refractivity contribution in [3.63, 3.8) is 0 Å². The maximum absolute atomic E-state index is 5.72. The summed E-state index contributed by atoms with van der Waals surface area (Å²) in [5.41, 5.74) is 8.38. The zero-order chi connectivity index (χ0) is 14.1. The minimum atomic E-state index is 0.341. The number of aromatic nitrogens is 4. The molecule has 0 amide bonds. The number of nitrogens with zero attached hydrogens (tertiary/aromatic N) is 5. The molecule has 2 aromatic heterocycles. The molecule has 102 valence electrons. The van der Waals surface area contributed by atoms with Crippen LogP contribution >= 0.6 is 0 Å². The van der Waals surface area contributed by atoms with E-state index in [1.807, 2.05) is 43.3 Å². The van der Waals surface area contributed by atoms with Crippen LogP contribution in [-0.2, 0) is 0 Å². The number of hydrogen-bond acceptors (Lipinski definition) is 6. The van der Waals surface area contributed by atoms with Gasteiger partial charge in [-0.1, -0.05) is 0 Å². The van der Waals surface area contributed by atoms with Crippen molar-refractivity contribution in [1.29, 1.82) is 0 Å². The minimum absolute atomic E-state index is 0.341. The molecule has 0 aliphatic rings. The van der Waals surface area contributed by atoms with Crippen LogP contribution in [0.1, 0.15) is 0 Å². The summed E-state index contributed by atoms with van der Waals surface area (Å²) < 4.78 is 1.68. The molecular formula is C13H15N7. The SMILES string of the molecule is CN(C)c1ccc(Nc2nccn3c(N)nnc23)cc1. The van der Waals surface area contributed by atoms with Crippen LogP contribution in [-0.4, -0.2) is 33.7 Å². The molecule has 0 fully saturated rings. The molecule has 0 spiro atoms. The Morgan fingerprint density at radius 2 is 1.90 bits per heavy atom. The Labute approximate surface area is 116 Å². The zero-order valence-electron chi connectivity index (χ0n) is 11.3. The van der Waals surface area contributed by atoms with Gasteiger partial charge in [0.05, 0.1) is 0 Å². The molecular weight excluding hydrogens is 254 g/mol. The Kier molecular flexibility index (Phi) is 2.86. The summed E-state index contributed by atoms with van der Waals surface area (Å²) >= 11 is 0. The largest absolute Gasteiger partial charge is 0.378 e. The fourth-order valence-corrected chi connectivity index (χ4v) is 1.91. The van der Waals surface area contributed by atoms with Crippen LogP contribution in [0.15, 0.2) is 36.7 Å². The minimum Gasteiger partial charge on any atom is -0.378 e. The lowest BCUT2D eigenvalue weighted by Crippen LogP contribution is -2.08. The van der Waals surface area contributed by atoms with E-state index in [0.717, 1.165) is 11.4 Å². The fraction of sp³-hybridized carbons (Fsp3) is 0.154. The van der Waals surface area contributed by atoms with E-state index in [2.05, 4.69) is 20.5 Å². The van der Waals surface area contributed by atoms with Gasteiger partial charge in [0.25, 0.3) is 0 Å². The molecule has 0 atom stereocenters. The summed E-state index contributed by atoms with van der Waals surface area (Å²) in [5, 5.41) is 11.1. The van der Waals surface area contributed by atoms with Crippen molar-refractivity contribution in [1.82, 2.24) is 19.6 Å². The zero-order valence-corrected chi connectivity index (χ0v) is 11.3. The van der Waals surface area contributed by atoms with Crippen molar-refractivity contribution >= 4 is 28.8 Å². The first-order chi connectivity index (χ1) is 9.65. The van der Waals surface area contributed by atoms with E-state index in [9.17, 15) is 0 Å². The molecule has 20 heavy (non-hydrogen) atoms. The Balaban J connectivity index is 1.93. The van der Waals surface area contributed by atoms with Gasteiger partial charge in [-0.3, -0.25) is 4.40 Å². The molecule has 7 nitrogen and oxygen atoms in total. The van der Waals surface area contributed by atoms with Crippen LogP contribution < -0.4 is 16.0 Å². The number of rotatable bonds is 3. The van der Waals surface area contributed by atoms with Gasteiger partial charge in [0.1, 0.15) is 0 Å². The molecule has 0 saturated heterocycles. The molecule has 0 saturated carbocycles. The highest BCUT2D eigenvalue weighted by Gasteiger charge is 2.08. The summed E-state index contributed by atoms with van der Waals surface area (Å²) in [7, 11) is 4.01. The van der Waals surface area contributed by atoms with E-state index in [0.29, 0.717) is 17.4 Å². The number of fused-ring (bicyclic) bond motifs is 1. The topological polar surface area (TPSA) is 84.4 Å². The number of benzene rings is 1. The highest BCUT2D eigenvalue weighted by atomic mass is 15.3. The van der Waals surface area contributed by atoms with Crippen molar-refractivity contribution in [2.24, 2.45) is 0 Å². The molecule has 3 rings (SSSR count).